The van der Waals surface area contributed by atoms with Gasteiger partial charge in [-0.15, -0.1) is 0 Å². The molecule has 1 N–H and O–H groups in total. The molecule has 1 aliphatic heterocycles. The van der Waals surface area contributed by atoms with Crippen molar-refractivity contribution in [1.29, 1.82) is 0 Å². The van der Waals surface area contributed by atoms with Gasteiger partial charge in [0.1, 0.15) is 0 Å². The second-order valence-corrected chi connectivity index (χ2v) is 5.75. The first kappa shape index (κ1) is 12.1. The molecule has 1 fully saturated rings. The molecule has 0 aliphatic carbocycles. The first-order valence-corrected chi connectivity index (χ1v) is 7.38. The van der Waals surface area contributed by atoms with E-state index in [9.17, 15) is 0 Å². The van der Waals surface area contributed by atoms with Gasteiger partial charge in [0.2, 0.25) is 0 Å². The molecule has 0 saturated carbocycles. The van der Waals surface area contributed by atoms with Gasteiger partial charge in [-0.3, -0.25) is 0 Å². The summed E-state index contributed by atoms with van der Waals surface area (Å²) in [5.41, 5.74) is 2.59. The summed E-state index contributed by atoms with van der Waals surface area (Å²) < 4.78 is 5.73. The molecule has 0 radical (unpaired) electrons. The predicted molar refractivity (Wildman–Crippen MR) is 77.4 cm³/mol. The van der Waals surface area contributed by atoms with Crippen LogP contribution in [0.2, 0.25) is 0 Å². The fourth-order valence-electron chi connectivity index (χ4n) is 2.49. The summed E-state index contributed by atoms with van der Waals surface area (Å²) in [6.07, 6.45) is 1.15. The number of benzene rings is 1. The number of hydrogen-bond donors (Lipinski definition) is 1. The third-order valence-electron chi connectivity index (χ3n) is 3.64. The molecule has 3 nitrogen and oxygen atoms in total. The van der Waals surface area contributed by atoms with Crippen LogP contribution in [-0.4, -0.2) is 42.0 Å². The van der Waals surface area contributed by atoms with Gasteiger partial charge in [0.05, 0.1) is 10.4 Å². The Balaban J connectivity index is 1.66. The Labute approximate surface area is 112 Å². The van der Waals surface area contributed by atoms with Gasteiger partial charge in [0.15, 0.2) is 0 Å². The molecule has 1 aliphatic rings. The van der Waals surface area contributed by atoms with Gasteiger partial charge in [0.25, 0.3) is 0 Å². The lowest BCUT2D eigenvalue weighted by Crippen LogP contribution is -2.44. The van der Waals surface area contributed by atoms with E-state index >= 15 is 0 Å². The Morgan fingerprint density at radius 3 is 3.00 bits per heavy atom. The summed E-state index contributed by atoms with van der Waals surface area (Å²) in [6.45, 7) is 7.88. The lowest BCUT2D eigenvalue weighted by atomic mass is 10.1. The van der Waals surface area contributed by atoms with Crippen molar-refractivity contribution in [3.8, 4) is 0 Å². The number of aromatic nitrogens is 1. The van der Waals surface area contributed by atoms with Crippen LogP contribution in [0.4, 0.5) is 0 Å². The fourth-order valence-corrected chi connectivity index (χ4v) is 3.34. The van der Waals surface area contributed by atoms with Gasteiger partial charge in [-0.1, -0.05) is 12.1 Å². The monoisotopic (exact) mass is 261 g/mol. The highest BCUT2D eigenvalue weighted by Gasteiger charge is 2.09. The van der Waals surface area contributed by atoms with Crippen LogP contribution < -0.4 is 5.32 Å². The van der Waals surface area contributed by atoms with Crippen LogP contribution in [0.5, 0.6) is 0 Å². The van der Waals surface area contributed by atoms with Crippen LogP contribution in [-0.2, 0) is 6.42 Å². The number of aryl methyl sites for hydroxylation is 1. The summed E-state index contributed by atoms with van der Waals surface area (Å²) >= 11 is 1.62. The first-order valence-electron chi connectivity index (χ1n) is 6.61. The SMILES string of the molecule is Cc1nsc2cc(CCN3CCNCC3)ccc12. The van der Waals surface area contributed by atoms with E-state index in [1.807, 2.05) is 0 Å². The smallest absolute Gasteiger partial charge is 0.0589 e. The van der Waals surface area contributed by atoms with Crippen molar-refractivity contribution in [3.63, 3.8) is 0 Å². The van der Waals surface area contributed by atoms with Crippen LogP contribution in [0.3, 0.4) is 0 Å². The minimum Gasteiger partial charge on any atom is -0.314 e. The van der Waals surface area contributed by atoms with E-state index < -0.39 is 0 Å². The molecule has 0 amide bonds. The number of nitrogens with one attached hydrogen (secondary N) is 1. The van der Waals surface area contributed by atoms with E-state index in [-0.39, 0.29) is 0 Å². The number of piperazine rings is 1. The zero-order valence-electron chi connectivity index (χ0n) is 10.8. The highest BCUT2D eigenvalue weighted by Crippen LogP contribution is 2.23. The van der Waals surface area contributed by atoms with E-state index in [0.717, 1.165) is 25.2 Å². The molecule has 4 heteroatoms. The molecule has 0 spiro atoms. The summed E-state index contributed by atoms with van der Waals surface area (Å²) in [4.78, 5) is 2.54. The third-order valence-corrected chi connectivity index (χ3v) is 4.54. The van der Waals surface area contributed by atoms with Crippen LogP contribution in [0.1, 0.15) is 11.3 Å². The molecule has 96 valence electrons. The minimum absolute atomic E-state index is 1.13. The first-order chi connectivity index (χ1) is 8.83. The zero-order valence-corrected chi connectivity index (χ0v) is 11.6. The molecule has 18 heavy (non-hydrogen) atoms. The van der Waals surface area contributed by atoms with Crippen molar-refractivity contribution in [2.24, 2.45) is 0 Å². The van der Waals surface area contributed by atoms with Crippen LogP contribution >= 0.6 is 11.5 Å². The van der Waals surface area contributed by atoms with E-state index in [0.29, 0.717) is 0 Å². The van der Waals surface area contributed by atoms with Crippen molar-refractivity contribution < 1.29 is 0 Å². The van der Waals surface area contributed by atoms with Crippen LogP contribution in [0.25, 0.3) is 10.1 Å². The number of rotatable bonds is 3. The van der Waals surface area contributed by atoms with E-state index in [1.54, 1.807) is 11.5 Å². The maximum atomic E-state index is 4.41. The van der Waals surface area contributed by atoms with Gasteiger partial charge >= 0.3 is 0 Å². The molecule has 0 bridgehead atoms. The molecule has 2 aromatic rings. The lowest BCUT2D eigenvalue weighted by molar-refractivity contribution is 0.244. The van der Waals surface area contributed by atoms with Gasteiger partial charge in [-0.05, 0) is 36.5 Å². The van der Waals surface area contributed by atoms with Crippen LogP contribution in [0, 0.1) is 6.92 Å². The highest BCUT2D eigenvalue weighted by molar-refractivity contribution is 7.13. The average Bonchev–Trinajstić information content (AvgIpc) is 2.79. The molecular formula is C14H19N3S. The Hall–Kier alpha value is -0.970. The fraction of sp³-hybridized carbons (Fsp3) is 0.500. The molecule has 0 unspecified atom stereocenters. The maximum Gasteiger partial charge on any atom is 0.0589 e. The number of fused-ring (bicyclic) bond motifs is 1. The molecule has 1 aromatic heterocycles. The summed E-state index contributed by atoms with van der Waals surface area (Å²) in [5, 5.41) is 4.70. The standard InChI is InChI=1S/C14H19N3S/c1-11-13-3-2-12(10-14(13)18-16-11)4-7-17-8-5-15-6-9-17/h2-3,10,15H,4-9H2,1H3. The van der Waals surface area contributed by atoms with Crippen molar-refractivity contribution >= 4 is 21.6 Å². The van der Waals surface area contributed by atoms with Crippen LogP contribution in [0.15, 0.2) is 18.2 Å². The highest BCUT2D eigenvalue weighted by atomic mass is 32.1. The van der Waals surface area contributed by atoms with Gasteiger partial charge in [-0.25, -0.2) is 0 Å². The number of hydrogen-bond acceptors (Lipinski definition) is 4. The van der Waals surface area contributed by atoms with E-state index in [4.69, 9.17) is 0 Å². The topological polar surface area (TPSA) is 28.2 Å². The molecule has 0 atom stereocenters. The quantitative estimate of drug-likeness (QED) is 0.916. The van der Waals surface area contributed by atoms with E-state index in [1.165, 1.54) is 35.3 Å². The Bertz CT molecular complexity index is 529. The normalized spacial score (nSPS) is 17.4. The second kappa shape index (κ2) is 5.34. The maximum absolute atomic E-state index is 4.41. The third kappa shape index (κ3) is 2.55. The Morgan fingerprint density at radius 1 is 1.33 bits per heavy atom. The number of nitrogens with zero attached hydrogens (tertiary/aromatic N) is 2. The summed E-state index contributed by atoms with van der Waals surface area (Å²) in [7, 11) is 0. The average molecular weight is 261 g/mol. The molecule has 1 saturated heterocycles. The second-order valence-electron chi connectivity index (χ2n) is 4.94. The van der Waals surface area contributed by atoms with Crippen molar-refractivity contribution in [2.45, 2.75) is 13.3 Å². The Morgan fingerprint density at radius 2 is 2.17 bits per heavy atom. The molecule has 3 rings (SSSR count). The van der Waals surface area contributed by atoms with Crippen molar-refractivity contribution in [3.05, 3.63) is 29.5 Å². The van der Waals surface area contributed by atoms with Crippen molar-refractivity contribution in [1.82, 2.24) is 14.6 Å². The largest absolute Gasteiger partial charge is 0.314 e. The predicted octanol–water partition coefficient (Wildman–Crippen LogP) is 2.05. The van der Waals surface area contributed by atoms with Gasteiger partial charge < -0.3 is 10.2 Å². The van der Waals surface area contributed by atoms with Crippen molar-refractivity contribution in [2.75, 3.05) is 32.7 Å². The minimum atomic E-state index is 1.13. The summed E-state index contributed by atoms with van der Waals surface area (Å²) in [6, 6.07) is 6.79. The summed E-state index contributed by atoms with van der Waals surface area (Å²) in [5.74, 6) is 0. The zero-order chi connectivity index (χ0) is 12.4. The van der Waals surface area contributed by atoms with Gasteiger partial charge in [-0.2, -0.15) is 4.37 Å². The Kier molecular flexibility index (Phi) is 3.59. The molecule has 2 heterocycles. The lowest BCUT2D eigenvalue weighted by Gasteiger charge is -2.27. The molecule has 1 aromatic carbocycles. The van der Waals surface area contributed by atoms with Gasteiger partial charge in [0, 0.05) is 38.1 Å². The van der Waals surface area contributed by atoms with E-state index in [2.05, 4.69) is 39.7 Å². The molecular weight excluding hydrogens is 242 g/mol.